The van der Waals surface area contributed by atoms with Crippen LogP contribution < -0.4 is 15.8 Å². The topological polar surface area (TPSA) is 120 Å². The molecule has 0 spiro atoms. The van der Waals surface area contributed by atoms with Crippen LogP contribution in [0.5, 0.6) is 5.75 Å². The van der Waals surface area contributed by atoms with Crippen LogP contribution in [0.3, 0.4) is 0 Å². The van der Waals surface area contributed by atoms with E-state index in [9.17, 15) is 18.4 Å². The minimum atomic E-state index is -3.00. The molecule has 3 heterocycles. The van der Waals surface area contributed by atoms with Gasteiger partial charge >= 0.3 is 6.09 Å². The van der Waals surface area contributed by atoms with E-state index in [1.165, 1.54) is 4.90 Å². The number of nitrogens with one attached hydrogen (secondary N) is 1. The second-order valence-electron chi connectivity index (χ2n) is 9.50. The molecule has 1 aliphatic rings. The van der Waals surface area contributed by atoms with Gasteiger partial charge in [0, 0.05) is 24.7 Å². The first kappa shape index (κ1) is 27.1. The van der Waals surface area contributed by atoms with Crippen molar-refractivity contribution in [2.45, 2.75) is 70.9 Å². The number of halogens is 2. The monoisotopic (exact) mass is 505 g/mol. The Bertz CT molecular complexity index is 1100. The number of nitrogens with zero attached hydrogens (tertiary/aromatic N) is 3. The summed E-state index contributed by atoms with van der Waals surface area (Å²) in [5.74, 6) is -2.14. The van der Waals surface area contributed by atoms with Crippen molar-refractivity contribution in [3.63, 3.8) is 0 Å². The van der Waals surface area contributed by atoms with Gasteiger partial charge in [-0.1, -0.05) is 6.07 Å². The number of ether oxygens (including phenoxy) is 2. The second kappa shape index (κ2) is 11.0. The molecular formula is C25H33F2N5O4. The summed E-state index contributed by atoms with van der Waals surface area (Å²) in [6.45, 7) is 6.76. The lowest BCUT2D eigenvalue weighted by Crippen LogP contribution is -2.52. The highest BCUT2D eigenvalue weighted by atomic mass is 19.3. The van der Waals surface area contributed by atoms with E-state index >= 15 is 0 Å². The molecule has 196 valence electrons. The lowest BCUT2D eigenvalue weighted by atomic mass is 9.91. The Morgan fingerprint density at radius 2 is 2.03 bits per heavy atom. The third-order valence-electron chi connectivity index (χ3n) is 6.00. The van der Waals surface area contributed by atoms with Crippen LogP contribution >= 0.6 is 0 Å². The Hall–Kier alpha value is -3.50. The van der Waals surface area contributed by atoms with Gasteiger partial charge < -0.3 is 25.4 Å². The third-order valence-corrected chi connectivity index (χ3v) is 6.00. The number of hydrogen-bond acceptors (Lipinski definition) is 7. The number of primary amides is 1. The standard InChI is InChI=1S/C25H33F2N5O4/c1-5-35-18-10-13-29-20(14-18)30-19-7-6-16(2)21(31-19)22(33)32-15-25(26,27)12-9-17(32)8-11-24(3,4)36-23(28)34/h6-7,10,13-14,17H,5,8-9,11-12,15H2,1-4H3,(H2,28,34)(H,29,30,31)/t17-/m1/s1. The number of aryl methyl sites for hydroxylation is 1. The molecule has 9 nitrogen and oxygen atoms in total. The molecular weight excluding hydrogens is 472 g/mol. The van der Waals surface area contributed by atoms with Crippen LogP contribution in [0.4, 0.5) is 25.2 Å². The fourth-order valence-electron chi connectivity index (χ4n) is 4.18. The van der Waals surface area contributed by atoms with Crippen LogP contribution in [-0.4, -0.2) is 57.6 Å². The zero-order valence-electron chi connectivity index (χ0n) is 21.0. The first-order chi connectivity index (χ1) is 16.9. The van der Waals surface area contributed by atoms with Gasteiger partial charge in [0.15, 0.2) is 0 Å². The Labute approximate surface area is 209 Å². The number of carbonyl (C=O) groups is 2. The smallest absolute Gasteiger partial charge is 0.405 e. The number of hydrogen-bond donors (Lipinski definition) is 2. The van der Waals surface area contributed by atoms with Crippen molar-refractivity contribution in [2.75, 3.05) is 18.5 Å². The molecule has 0 radical (unpaired) electrons. The first-order valence-corrected chi connectivity index (χ1v) is 11.9. The summed E-state index contributed by atoms with van der Waals surface area (Å²) in [6.07, 6.45) is 1.19. The van der Waals surface area contributed by atoms with Gasteiger partial charge in [0.05, 0.1) is 13.2 Å². The molecule has 0 aromatic carbocycles. The normalized spacial score (nSPS) is 17.4. The molecule has 3 rings (SSSR count). The second-order valence-corrected chi connectivity index (χ2v) is 9.50. The lowest BCUT2D eigenvalue weighted by molar-refractivity contribution is -0.0757. The molecule has 2 aromatic rings. The number of nitrogens with two attached hydrogens (primary N) is 1. The number of amides is 2. The number of rotatable bonds is 9. The average Bonchev–Trinajstić information content (AvgIpc) is 2.78. The number of anilines is 2. The molecule has 11 heteroatoms. The van der Waals surface area contributed by atoms with Gasteiger partial charge in [0.2, 0.25) is 0 Å². The van der Waals surface area contributed by atoms with Gasteiger partial charge in [-0.15, -0.1) is 0 Å². The Balaban J connectivity index is 1.82. The Morgan fingerprint density at radius 3 is 2.72 bits per heavy atom. The average molecular weight is 506 g/mol. The van der Waals surface area contributed by atoms with Crippen LogP contribution in [0, 0.1) is 6.92 Å². The van der Waals surface area contributed by atoms with E-state index in [-0.39, 0.29) is 18.5 Å². The minimum absolute atomic E-state index is 0.0799. The molecule has 36 heavy (non-hydrogen) atoms. The zero-order chi connectivity index (χ0) is 26.5. The molecule has 1 saturated heterocycles. The summed E-state index contributed by atoms with van der Waals surface area (Å²) < 4.78 is 39.4. The van der Waals surface area contributed by atoms with Crippen molar-refractivity contribution in [3.05, 3.63) is 41.7 Å². The van der Waals surface area contributed by atoms with E-state index in [0.29, 0.717) is 42.4 Å². The molecule has 0 bridgehead atoms. The highest BCUT2D eigenvalue weighted by Gasteiger charge is 2.43. The van der Waals surface area contributed by atoms with Crippen molar-refractivity contribution in [3.8, 4) is 5.75 Å². The van der Waals surface area contributed by atoms with Crippen LogP contribution in [0.2, 0.25) is 0 Å². The summed E-state index contributed by atoms with van der Waals surface area (Å²) in [4.78, 5) is 34.6. The molecule has 3 N–H and O–H groups in total. The minimum Gasteiger partial charge on any atom is -0.494 e. The molecule has 0 saturated carbocycles. The van der Waals surface area contributed by atoms with Crippen molar-refractivity contribution >= 4 is 23.6 Å². The molecule has 2 aromatic heterocycles. The van der Waals surface area contributed by atoms with E-state index in [2.05, 4.69) is 15.3 Å². The van der Waals surface area contributed by atoms with E-state index < -0.39 is 36.1 Å². The Morgan fingerprint density at radius 1 is 1.28 bits per heavy atom. The predicted molar refractivity (Wildman–Crippen MR) is 131 cm³/mol. The van der Waals surface area contributed by atoms with E-state index in [1.54, 1.807) is 51.2 Å². The number of pyridine rings is 2. The first-order valence-electron chi connectivity index (χ1n) is 11.9. The van der Waals surface area contributed by atoms with E-state index in [4.69, 9.17) is 15.2 Å². The van der Waals surface area contributed by atoms with Crippen LogP contribution in [-0.2, 0) is 4.74 Å². The van der Waals surface area contributed by atoms with Gasteiger partial charge in [-0.05, 0) is 64.7 Å². The number of carbonyl (C=O) groups excluding carboxylic acids is 2. The van der Waals surface area contributed by atoms with Crippen molar-refractivity contribution in [1.82, 2.24) is 14.9 Å². The molecule has 0 unspecified atom stereocenters. The number of piperidine rings is 1. The number of alkyl halides is 2. The van der Waals surface area contributed by atoms with Gasteiger partial charge in [-0.2, -0.15) is 0 Å². The number of aromatic nitrogens is 2. The van der Waals surface area contributed by atoms with Gasteiger partial charge in [0.1, 0.15) is 28.7 Å². The summed E-state index contributed by atoms with van der Waals surface area (Å²) >= 11 is 0. The lowest BCUT2D eigenvalue weighted by Gasteiger charge is -2.40. The fourth-order valence-corrected chi connectivity index (χ4v) is 4.18. The third kappa shape index (κ3) is 7.25. The van der Waals surface area contributed by atoms with Crippen molar-refractivity contribution in [2.24, 2.45) is 5.73 Å². The zero-order valence-corrected chi connectivity index (χ0v) is 21.0. The molecule has 1 aliphatic heterocycles. The molecule has 1 atom stereocenters. The highest BCUT2D eigenvalue weighted by molar-refractivity contribution is 5.94. The SMILES string of the molecule is CCOc1ccnc(Nc2ccc(C)c(C(=O)N3CC(F)(F)CC[C@H]3CCC(C)(C)OC(N)=O)n2)c1. The van der Waals surface area contributed by atoms with Crippen LogP contribution in [0.1, 0.15) is 62.5 Å². The maximum atomic E-state index is 14.4. The van der Waals surface area contributed by atoms with Crippen molar-refractivity contribution in [1.29, 1.82) is 0 Å². The predicted octanol–water partition coefficient (Wildman–Crippen LogP) is 4.82. The largest absolute Gasteiger partial charge is 0.494 e. The number of likely N-dealkylation sites (tertiary alicyclic amines) is 1. The summed E-state index contributed by atoms with van der Waals surface area (Å²) in [5.41, 5.74) is 4.89. The summed E-state index contributed by atoms with van der Waals surface area (Å²) in [5, 5.41) is 3.04. The highest BCUT2D eigenvalue weighted by Crippen LogP contribution is 2.34. The molecule has 0 aliphatic carbocycles. The van der Waals surface area contributed by atoms with Gasteiger partial charge in [-0.3, -0.25) is 4.79 Å². The summed E-state index contributed by atoms with van der Waals surface area (Å²) in [7, 11) is 0. The van der Waals surface area contributed by atoms with E-state index in [0.717, 1.165) is 0 Å². The molecule has 2 amide bonds. The quantitative estimate of drug-likeness (QED) is 0.501. The fraction of sp³-hybridized carbons (Fsp3) is 0.520. The van der Waals surface area contributed by atoms with Gasteiger partial charge in [-0.25, -0.2) is 23.5 Å². The maximum Gasteiger partial charge on any atom is 0.405 e. The van der Waals surface area contributed by atoms with Crippen LogP contribution in [0.25, 0.3) is 0 Å². The van der Waals surface area contributed by atoms with Crippen molar-refractivity contribution < 1.29 is 27.8 Å². The van der Waals surface area contributed by atoms with Gasteiger partial charge in [0.25, 0.3) is 11.8 Å². The summed E-state index contributed by atoms with van der Waals surface area (Å²) in [6, 6.07) is 6.35. The maximum absolute atomic E-state index is 14.4. The van der Waals surface area contributed by atoms with E-state index in [1.807, 2.05) is 6.92 Å². The Kier molecular flexibility index (Phi) is 8.31. The van der Waals surface area contributed by atoms with Crippen LogP contribution in [0.15, 0.2) is 30.5 Å². The molecule has 1 fully saturated rings.